The third-order valence-electron chi connectivity index (χ3n) is 5.04. The van der Waals surface area contributed by atoms with Crippen molar-refractivity contribution in [1.29, 1.82) is 0 Å². The van der Waals surface area contributed by atoms with Crippen LogP contribution >= 0.6 is 0 Å². The highest BCUT2D eigenvalue weighted by atomic mass is 16.2. The third kappa shape index (κ3) is 3.34. The molecule has 1 fully saturated rings. The highest BCUT2D eigenvalue weighted by Crippen LogP contribution is 2.33. The van der Waals surface area contributed by atoms with Gasteiger partial charge in [0.15, 0.2) is 0 Å². The SMILES string of the molecule is CCCNC(=O)C1C=CC2=C(N1)N(C(=O)Nc1ccccn1)[C@H]1CCN2C1. The Bertz CT molecular complexity index is 791. The van der Waals surface area contributed by atoms with Gasteiger partial charge >= 0.3 is 6.03 Å². The Balaban J connectivity index is 1.56. The van der Waals surface area contributed by atoms with Crippen molar-refractivity contribution in [3.63, 3.8) is 0 Å². The molecule has 1 aromatic rings. The lowest BCUT2D eigenvalue weighted by molar-refractivity contribution is -0.122. The standard InChI is InChI=1S/C19H24N6O2/c1-2-9-21-18(26)14-6-7-15-17(22-14)25(13-8-11-24(15)12-13)19(27)23-16-5-3-4-10-20-16/h3-7,10,13-14,22H,2,8-9,11-12H2,1H3,(H,21,26)(H,20,23,27)/t13-,14?/m0/s1. The number of carbonyl (C=O) groups is 2. The number of hydrogen-bond donors (Lipinski definition) is 3. The maximum Gasteiger partial charge on any atom is 0.328 e. The first-order valence-corrected chi connectivity index (χ1v) is 9.40. The number of allylic oxidation sites excluding steroid dienone is 1. The van der Waals surface area contributed by atoms with Gasteiger partial charge in [0.05, 0.1) is 11.7 Å². The van der Waals surface area contributed by atoms with E-state index < -0.39 is 6.04 Å². The molecule has 0 aliphatic carbocycles. The Labute approximate surface area is 158 Å². The number of rotatable bonds is 4. The second-order valence-electron chi connectivity index (χ2n) is 6.91. The van der Waals surface area contributed by atoms with Crippen LogP contribution in [-0.2, 0) is 4.79 Å². The van der Waals surface area contributed by atoms with Crippen molar-refractivity contribution in [2.45, 2.75) is 31.8 Å². The van der Waals surface area contributed by atoms with Crippen LogP contribution in [0.1, 0.15) is 19.8 Å². The summed E-state index contributed by atoms with van der Waals surface area (Å²) in [7, 11) is 0. The number of nitrogens with one attached hydrogen (secondary N) is 3. The number of urea groups is 1. The largest absolute Gasteiger partial charge is 0.366 e. The summed E-state index contributed by atoms with van der Waals surface area (Å²) in [6.07, 6.45) is 7.22. The molecular weight excluding hydrogens is 344 g/mol. The molecule has 0 radical (unpaired) electrons. The minimum absolute atomic E-state index is 0.0748. The lowest BCUT2D eigenvalue weighted by atomic mass is 10.1. The normalized spacial score (nSPS) is 23.0. The number of nitrogens with zero attached hydrogens (tertiary/aromatic N) is 3. The molecule has 0 spiro atoms. The summed E-state index contributed by atoms with van der Waals surface area (Å²) in [5.74, 6) is 1.11. The van der Waals surface area contributed by atoms with Gasteiger partial charge in [-0.2, -0.15) is 0 Å². The van der Waals surface area contributed by atoms with Gasteiger partial charge in [-0.3, -0.25) is 15.0 Å². The fraction of sp³-hybridized carbons (Fsp3) is 0.421. The van der Waals surface area contributed by atoms with E-state index in [1.165, 1.54) is 0 Å². The zero-order chi connectivity index (χ0) is 18.8. The smallest absolute Gasteiger partial charge is 0.328 e. The molecule has 27 heavy (non-hydrogen) atoms. The first kappa shape index (κ1) is 17.4. The molecule has 1 unspecified atom stereocenters. The van der Waals surface area contributed by atoms with Crippen molar-refractivity contribution in [1.82, 2.24) is 25.4 Å². The molecule has 1 saturated heterocycles. The van der Waals surface area contributed by atoms with Gasteiger partial charge in [0.2, 0.25) is 5.91 Å². The number of fused-ring (bicyclic) bond motifs is 3. The first-order chi connectivity index (χ1) is 13.2. The molecule has 3 aliphatic heterocycles. The number of carbonyl (C=O) groups excluding carboxylic acids is 2. The van der Waals surface area contributed by atoms with Crippen molar-refractivity contribution in [2.24, 2.45) is 0 Å². The second-order valence-corrected chi connectivity index (χ2v) is 6.91. The van der Waals surface area contributed by atoms with Gasteiger partial charge in [-0.1, -0.05) is 19.1 Å². The molecule has 8 nitrogen and oxygen atoms in total. The number of anilines is 1. The summed E-state index contributed by atoms with van der Waals surface area (Å²) >= 11 is 0. The van der Waals surface area contributed by atoms with E-state index in [2.05, 4.69) is 25.8 Å². The molecule has 2 bridgehead atoms. The summed E-state index contributed by atoms with van der Waals surface area (Å²) in [5, 5.41) is 9.03. The fourth-order valence-corrected chi connectivity index (χ4v) is 3.72. The minimum atomic E-state index is -0.487. The van der Waals surface area contributed by atoms with Crippen molar-refractivity contribution in [2.75, 3.05) is 25.0 Å². The average Bonchev–Trinajstić information content (AvgIpc) is 3.11. The maximum absolute atomic E-state index is 13.0. The summed E-state index contributed by atoms with van der Waals surface area (Å²) in [6, 6.07) is 4.75. The Hall–Kier alpha value is -3.03. The molecular formula is C19H24N6O2. The molecule has 8 heteroatoms. The first-order valence-electron chi connectivity index (χ1n) is 9.40. The number of aromatic nitrogens is 1. The highest BCUT2D eigenvalue weighted by Gasteiger charge is 2.42. The van der Waals surface area contributed by atoms with E-state index in [-0.39, 0.29) is 18.0 Å². The van der Waals surface area contributed by atoms with Gasteiger partial charge in [0.25, 0.3) is 0 Å². The summed E-state index contributed by atoms with van der Waals surface area (Å²) in [4.78, 5) is 33.6. The van der Waals surface area contributed by atoms with Crippen LogP contribution in [0.15, 0.2) is 48.1 Å². The number of hydrogen-bond acceptors (Lipinski definition) is 5. The zero-order valence-electron chi connectivity index (χ0n) is 15.3. The predicted molar refractivity (Wildman–Crippen MR) is 101 cm³/mol. The zero-order valence-corrected chi connectivity index (χ0v) is 15.3. The predicted octanol–water partition coefficient (Wildman–Crippen LogP) is 1.23. The average molecular weight is 368 g/mol. The molecule has 0 aromatic carbocycles. The van der Waals surface area contributed by atoms with Crippen LogP contribution in [0.4, 0.5) is 10.6 Å². The third-order valence-corrected chi connectivity index (χ3v) is 5.04. The van der Waals surface area contributed by atoms with Gasteiger partial charge in [-0.25, -0.2) is 9.78 Å². The van der Waals surface area contributed by atoms with Gasteiger partial charge in [-0.05, 0) is 31.1 Å². The van der Waals surface area contributed by atoms with Crippen LogP contribution in [0.25, 0.3) is 0 Å². The second kappa shape index (κ2) is 7.30. The Morgan fingerprint density at radius 3 is 3.04 bits per heavy atom. The monoisotopic (exact) mass is 368 g/mol. The van der Waals surface area contributed by atoms with Crippen LogP contribution in [0.2, 0.25) is 0 Å². The number of pyridine rings is 1. The Morgan fingerprint density at radius 2 is 2.26 bits per heavy atom. The van der Waals surface area contributed by atoms with Crippen LogP contribution < -0.4 is 16.0 Å². The van der Waals surface area contributed by atoms with E-state index in [1.807, 2.05) is 25.1 Å². The van der Waals surface area contributed by atoms with E-state index in [4.69, 9.17) is 0 Å². The minimum Gasteiger partial charge on any atom is -0.366 e. The van der Waals surface area contributed by atoms with Crippen LogP contribution in [0.3, 0.4) is 0 Å². The van der Waals surface area contributed by atoms with E-state index in [1.54, 1.807) is 23.2 Å². The molecule has 1 aromatic heterocycles. The van der Waals surface area contributed by atoms with Gasteiger partial charge in [-0.15, -0.1) is 0 Å². The molecule has 142 valence electrons. The Kier molecular flexibility index (Phi) is 4.70. The lowest BCUT2D eigenvalue weighted by Gasteiger charge is -2.40. The molecule has 3 N–H and O–H groups in total. The topological polar surface area (TPSA) is 89.6 Å². The van der Waals surface area contributed by atoms with Gasteiger partial charge in [0, 0.05) is 25.8 Å². The summed E-state index contributed by atoms with van der Waals surface area (Å²) in [6.45, 7) is 4.35. The quantitative estimate of drug-likeness (QED) is 0.744. The van der Waals surface area contributed by atoms with Crippen molar-refractivity contribution in [3.8, 4) is 0 Å². The van der Waals surface area contributed by atoms with Gasteiger partial charge in [0.1, 0.15) is 17.7 Å². The van der Waals surface area contributed by atoms with Crippen LogP contribution in [0, 0.1) is 0 Å². The van der Waals surface area contributed by atoms with Crippen LogP contribution in [0.5, 0.6) is 0 Å². The fourth-order valence-electron chi connectivity index (χ4n) is 3.72. The van der Waals surface area contributed by atoms with Crippen LogP contribution in [-0.4, -0.2) is 58.4 Å². The van der Waals surface area contributed by atoms with E-state index >= 15 is 0 Å². The van der Waals surface area contributed by atoms with Crippen molar-refractivity contribution < 1.29 is 9.59 Å². The molecule has 2 atom stereocenters. The van der Waals surface area contributed by atoms with E-state index in [0.717, 1.165) is 31.6 Å². The summed E-state index contributed by atoms with van der Waals surface area (Å²) < 4.78 is 0. The molecule has 0 saturated carbocycles. The van der Waals surface area contributed by atoms with E-state index in [0.29, 0.717) is 18.2 Å². The molecule has 4 heterocycles. The van der Waals surface area contributed by atoms with Crippen molar-refractivity contribution >= 4 is 17.8 Å². The Morgan fingerprint density at radius 1 is 1.37 bits per heavy atom. The summed E-state index contributed by atoms with van der Waals surface area (Å²) in [5.41, 5.74) is 0.958. The lowest BCUT2D eigenvalue weighted by Crippen LogP contribution is -2.56. The van der Waals surface area contributed by atoms with Gasteiger partial charge < -0.3 is 15.5 Å². The number of dihydropyridines is 1. The number of amides is 3. The van der Waals surface area contributed by atoms with Crippen molar-refractivity contribution in [3.05, 3.63) is 48.1 Å². The molecule has 3 aliphatic rings. The maximum atomic E-state index is 13.0. The highest BCUT2D eigenvalue weighted by molar-refractivity contribution is 5.91. The molecule has 3 amide bonds. The van der Waals surface area contributed by atoms with E-state index in [9.17, 15) is 9.59 Å². The molecule has 4 rings (SSSR count).